The Bertz CT molecular complexity index is 690. The summed E-state index contributed by atoms with van der Waals surface area (Å²) in [5.74, 6) is 0.373. The normalized spacial score (nSPS) is 16.6. The molecule has 1 amide bonds. The van der Waals surface area contributed by atoms with Gasteiger partial charge < -0.3 is 10.4 Å². The van der Waals surface area contributed by atoms with E-state index >= 15 is 0 Å². The second-order valence-electron chi connectivity index (χ2n) is 6.88. The summed E-state index contributed by atoms with van der Waals surface area (Å²) in [6, 6.07) is 9.85. The van der Waals surface area contributed by atoms with Crippen molar-refractivity contribution in [3.63, 3.8) is 0 Å². The van der Waals surface area contributed by atoms with Crippen molar-refractivity contribution in [2.75, 3.05) is 6.61 Å². The average molecular weight is 341 g/mol. The molecule has 1 aromatic carbocycles. The lowest BCUT2D eigenvalue weighted by Crippen LogP contribution is -2.41. The molecule has 2 N–H and O–H groups in total. The number of hydrogen-bond donors (Lipinski definition) is 2. The van der Waals surface area contributed by atoms with Gasteiger partial charge in [0.15, 0.2) is 0 Å². The predicted octanol–water partition coefficient (Wildman–Crippen LogP) is 3.24. The highest BCUT2D eigenvalue weighted by Gasteiger charge is 2.26. The van der Waals surface area contributed by atoms with E-state index in [4.69, 9.17) is 0 Å². The quantitative estimate of drug-likeness (QED) is 0.847. The minimum absolute atomic E-state index is 0.0391. The number of carbonyl (C=O) groups is 1. The maximum Gasteiger partial charge on any atom is 0.254 e. The third kappa shape index (κ3) is 4.10. The number of aromatic nitrogens is 2. The van der Waals surface area contributed by atoms with Gasteiger partial charge in [-0.1, -0.05) is 37.5 Å². The molecule has 1 saturated carbocycles. The fourth-order valence-electron chi connectivity index (χ4n) is 3.81. The number of aliphatic hydroxyl groups excluding tert-OH is 1. The first-order chi connectivity index (χ1) is 12.2. The standard InChI is InChI=1S/C20H27N3O2/c1-15-18(14-21-23(15)17-10-6-3-7-11-17)20(25)22-19(12-13-24)16-8-4-2-5-9-16/h3,6-7,10-11,14,16,19,24H,2,4-5,8-9,12-13H2,1H3,(H,22,25). The molecular weight excluding hydrogens is 314 g/mol. The van der Waals surface area contributed by atoms with E-state index in [-0.39, 0.29) is 18.6 Å². The monoisotopic (exact) mass is 341 g/mol. The first-order valence-corrected chi connectivity index (χ1v) is 9.22. The van der Waals surface area contributed by atoms with E-state index in [1.54, 1.807) is 10.9 Å². The number of nitrogens with zero attached hydrogens (tertiary/aromatic N) is 2. The number of para-hydroxylation sites is 1. The number of amides is 1. The molecule has 1 aliphatic carbocycles. The maximum atomic E-state index is 12.8. The van der Waals surface area contributed by atoms with Crippen LogP contribution in [0.1, 0.15) is 54.6 Å². The van der Waals surface area contributed by atoms with Crippen molar-refractivity contribution in [3.05, 3.63) is 47.8 Å². The van der Waals surface area contributed by atoms with E-state index in [2.05, 4.69) is 10.4 Å². The van der Waals surface area contributed by atoms with Crippen molar-refractivity contribution < 1.29 is 9.90 Å². The highest BCUT2D eigenvalue weighted by atomic mass is 16.3. The third-order valence-electron chi connectivity index (χ3n) is 5.23. The Balaban J connectivity index is 1.74. The number of hydrogen-bond acceptors (Lipinski definition) is 3. The Hall–Kier alpha value is -2.14. The van der Waals surface area contributed by atoms with E-state index in [1.165, 1.54) is 19.3 Å². The first-order valence-electron chi connectivity index (χ1n) is 9.22. The number of carbonyl (C=O) groups excluding carboxylic acids is 1. The van der Waals surface area contributed by atoms with Gasteiger partial charge in [-0.15, -0.1) is 0 Å². The Kier molecular flexibility index (Phi) is 5.87. The smallest absolute Gasteiger partial charge is 0.254 e. The van der Waals surface area contributed by atoms with Crippen molar-refractivity contribution in [1.29, 1.82) is 0 Å². The van der Waals surface area contributed by atoms with Gasteiger partial charge in [-0.05, 0) is 44.2 Å². The largest absolute Gasteiger partial charge is 0.396 e. The molecule has 0 radical (unpaired) electrons. The van der Waals surface area contributed by atoms with Crippen LogP contribution in [0, 0.1) is 12.8 Å². The molecule has 3 rings (SSSR count). The van der Waals surface area contributed by atoms with Crippen LogP contribution in [0.15, 0.2) is 36.5 Å². The summed E-state index contributed by atoms with van der Waals surface area (Å²) in [5, 5.41) is 16.9. The summed E-state index contributed by atoms with van der Waals surface area (Å²) in [7, 11) is 0. The molecule has 1 atom stereocenters. The molecule has 5 heteroatoms. The molecule has 1 unspecified atom stereocenters. The van der Waals surface area contributed by atoms with Crippen LogP contribution in [0.3, 0.4) is 0 Å². The van der Waals surface area contributed by atoms with Gasteiger partial charge in [0.05, 0.1) is 23.1 Å². The number of rotatable bonds is 6. The van der Waals surface area contributed by atoms with Gasteiger partial charge in [-0.2, -0.15) is 5.10 Å². The van der Waals surface area contributed by atoms with Gasteiger partial charge in [-0.25, -0.2) is 4.68 Å². The van der Waals surface area contributed by atoms with Crippen molar-refractivity contribution in [2.45, 2.75) is 51.5 Å². The number of benzene rings is 1. The first kappa shape index (κ1) is 17.7. The minimum atomic E-state index is -0.0938. The zero-order valence-corrected chi connectivity index (χ0v) is 14.8. The van der Waals surface area contributed by atoms with Crippen molar-refractivity contribution in [1.82, 2.24) is 15.1 Å². The molecule has 0 bridgehead atoms. The Morgan fingerprint density at radius 1 is 1.28 bits per heavy atom. The van der Waals surface area contributed by atoms with Crippen LogP contribution >= 0.6 is 0 Å². The van der Waals surface area contributed by atoms with Gasteiger partial charge in [0.25, 0.3) is 5.91 Å². The Morgan fingerprint density at radius 3 is 2.68 bits per heavy atom. The molecule has 1 aliphatic rings. The highest BCUT2D eigenvalue weighted by Crippen LogP contribution is 2.28. The van der Waals surface area contributed by atoms with E-state index in [1.807, 2.05) is 37.3 Å². The highest BCUT2D eigenvalue weighted by molar-refractivity contribution is 5.95. The van der Waals surface area contributed by atoms with E-state index < -0.39 is 0 Å². The molecule has 0 saturated heterocycles. The van der Waals surface area contributed by atoms with Gasteiger partial charge in [0, 0.05) is 12.6 Å². The second kappa shape index (κ2) is 8.30. The Labute approximate surface area is 149 Å². The van der Waals surface area contributed by atoms with E-state index in [9.17, 15) is 9.90 Å². The molecule has 5 nitrogen and oxygen atoms in total. The van der Waals surface area contributed by atoms with Crippen LogP contribution in [0.5, 0.6) is 0 Å². The average Bonchev–Trinajstić information content (AvgIpc) is 3.04. The number of aliphatic hydroxyl groups is 1. The van der Waals surface area contributed by atoms with Gasteiger partial charge >= 0.3 is 0 Å². The molecule has 1 fully saturated rings. The van der Waals surface area contributed by atoms with Crippen molar-refractivity contribution >= 4 is 5.91 Å². The topological polar surface area (TPSA) is 67.2 Å². The van der Waals surface area contributed by atoms with Crippen LogP contribution in [-0.2, 0) is 0 Å². The van der Waals surface area contributed by atoms with Crippen LogP contribution in [-0.4, -0.2) is 33.4 Å². The van der Waals surface area contributed by atoms with Crippen molar-refractivity contribution in [3.8, 4) is 5.69 Å². The molecule has 1 aromatic heterocycles. The second-order valence-corrected chi connectivity index (χ2v) is 6.88. The van der Waals surface area contributed by atoms with E-state index in [0.717, 1.165) is 24.2 Å². The zero-order chi connectivity index (χ0) is 17.6. The summed E-state index contributed by atoms with van der Waals surface area (Å²) in [5.41, 5.74) is 2.37. The van der Waals surface area contributed by atoms with E-state index in [0.29, 0.717) is 17.9 Å². The molecule has 2 aromatic rings. The zero-order valence-electron chi connectivity index (χ0n) is 14.8. The number of nitrogens with one attached hydrogen (secondary N) is 1. The molecule has 25 heavy (non-hydrogen) atoms. The van der Waals surface area contributed by atoms with Gasteiger partial charge in [0.2, 0.25) is 0 Å². The summed E-state index contributed by atoms with van der Waals surface area (Å²) >= 11 is 0. The van der Waals surface area contributed by atoms with Gasteiger partial charge in [0.1, 0.15) is 0 Å². The minimum Gasteiger partial charge on any atom is -0.396 e. The third-order valence-corrected chi connectivity index (χ3v) is 5.23. The van der Waals surface area contributed by atoms with Crippen LogP contribution in [0.4, 0.5) is 0 Å². The van der Waals surface area contributed by atoms with Gasteiger partial charge in [-0.3, -0.25) is 4.79 Å². The predicted molar refractivity (Wildman–Crippen MR) is 97.8 cm³/mol. The fraction of sp³-hybridized carbons (Fsp3) is 0.500. The lowest BCUT2D eigenvalue weighted by Gasteiger charge is -2.30. The van der Waals surface area contributed by atoms with Crippen LogP contribution in [0.2, 0.25) is 0 Å². The summed E-state index contributed by atoms with van der Waals surface area (Å²) in [4.78, 5) is 12.8. The van der Waals surface area contributed by atoms with Crippen molar-refractivity contribution in [2.24, 2.45) is 5.92 Å². The molecular formula is C20H27N3O2. The lowest BCUT2D eigenvalue weighted by molar-refractivity contribution is 0.0899. The van der Waals surface area contributed by atoms with Crippen LogP contribution in [0.25, 0.3) is 5.69 Å². The molecule has 134 valence electrons. The summed E-state index contributed by atoms with van der Waals surface area (Å²) in [6.07, 6.45) is 8.22. The fourth-order valence-corrected chi connectivity index (χ4v) is 3.81. The summed E-state index contributed by atoms with van der Waals surface area (Å²) in [6.45, 7) is 2.01. The van der Waals surface area contributed by atoms with Crippen LogP contribution < -0.4 is 5.32 Å². The molecule has 0 spiro atoms. The lowest BCUT2D eigenvalue weighted by atomic mass is 9.82. The maximum absolute atomic E-state index is 12.8. The molecule has 1 heterocycles. The Morgan fingerprint density at radius 2 is 2.00 bits per heavy atom. The summed E-state index contributed by atoms with van der Waals surface area (Å²) < 4.78 is 1.79. The SMILES string of the molecule is Cc1c(C(=O)NC(CCO)C2CCCCC2)cnn1-c1ccccc1. The molecule has 0 aliphatic heterocycles.